The molecular formula is C14H15BrClN5O5S. The molecule has 27 heavy (non-hydrogen) atoms. The molecule has 0 aliphatic carbocycles. The Labute approximate surface area is 172 Å². The number of nitrogens with zero attached hydrogens (tertiary/aromatic N) is 3. The summed E-state index contributed by atoms with van der Waals surface area (Å²) in [5.74, 6) is 5.73. The number of halogens is 2. The summed E-state index contributed by atoms with van der Waals surface area (Å²) in [6.07, 6.45) is 3.10. The quantitative estimate of drug-likeness (QED) is 0.122. The lowest BCUT2D eigenvalue weighted by atomic mass is 10.3. The lowest BCUT2D eigenvalue weighted by Crippen LogP contribution is -2.07. The van der Waals surface area contributed by atoms with Crippen molar-refractivity contribution in [1.29, 1.82) is 0 Å². The number of nitro benzene ring substituents is 1. The second-order valence-corrected chi connectivity index (χ2v) is 6.89. The van der Waals surface area contributed by atoms with Gasteiger partial charge in [-0.05, 0) is 52.5 Å². The molecule has 0 aliphatic heterocycles. The van der Waals surface area contributed by atoms with Crippen LogP contribution in [0.3, 0.4) is 0 Å². The maximum atomic E-state index is 11.1. The van der Waals surface area contributed by atoms with Crippen LogP contribution in [0.25, 0.3) is 0 Å². The number of unbranched alkanes of at least 4 members (excludes halogenated alkanes) is 1. The van der Waals surface area contributed by atoms with Gasteiger partial charge in [0.2, 0.25) is 5.28 Å². The molecule has 0 radical (unpaired) electrons. The van der Waals surface area contributed by atoms with Crippen molar-refractivity contribution in [2.45, 2.75) is 17.7 Å². The van der Waals surface area contributed by atoms with E-state index in [-0.39, 0.29) is 15.9 Å². The van der Waals surface area contributed by atoms with Gasteiger partial charge in [-0.15, -0.1) is 9.32 Å². The van der Waals surface area contributed by atoms with Gasteiger partial charge in [0.1, 0.15) is 16.5 Å². The Hall–Kier alpha value is -1.70. The molecule has 10 nitrogen and oxygen atoms in total. The molecule has 0 saturated carbocycles. The van der Waals surface area contributed by atoms with E-state index in [0.29, 0.717) is 36.8 Å². The average molecular weight is 481 g/mol. The van der Waals surface area contributed by atoms with Gasteiger partial charge in [-0.1, -0.05) is 0 Å². The molecule has 0 aliphatic rings. The van der Waals surface area contributed by atoms with Crippen LogP contribution in [0.2, 0.25) is 5.28 Å². The fraction of sp³-hybridized carbons (Fsp3) is 0.286. The highest BCUT2D eigenvalue weighted by Crippen LogP contribution is 2.33. The van der Waals surface area contributed by atoms with Crippen molar-refractivity contribution in [2.24, 2.45) is 5.90 Å². The van der Waals surface area contributed by atoms with Crippen LogP contribution < -0.4 is 16.0 Å². The van der Waals surface area contributed by atoms with E-state index in [1.54, 1.807) is 12.3 Å². The van der Waals surface area contributed by atoms with Crippen LogP contribution in [-0.4, -0.2) is 28.0 Å². The van der Waals surface area contributed by atoms with Crippen molar-refractivity contribution in [3.8, 4) is 5.75 Å². The zero-order chi connectivity index (χ0) is 19.6. The minimum atomic E-state index is -0.538. The Kier molecular flexibility index (Phi) is 8.97. The normalized spacial score (nSPS) is 10.6. The molecule has 0 spiro atoms. The van der Waals surface area contributed by atoms with Crippen LogP contribution in [0.15, 0.2) is 33.8 Å². The number of nitrogens with two attached hydrogens (primary N) is 1. The van der Waals surface area contributed by atoms with Crippen molar-refractivity contribution in [3.63, 3.8) is 0 Å². The Morgan fingerprint density at radius 2 is 2.22 bits per heavy atom. The lowest BCUT2D eigenvalue weighted by molar-refractivity contribution is -0.388. The second-order valence-electron chi connectivity index (χ2n) is 4.95. The van der Waals surface area contributed by atoms with Crippen LogP contribution in [0, 0.1) is 10.1 Å². The monoisotopic (exact) mass is 479 g/mol. The SMILES string of the molecule is NOOSc1ccc(OCCCCNc2nc(Cl)ncc2Br)cc1[N+](=O)[O-]. The minimum Gasteiger partial charge on any atom is -0.493 e. The molecule has 2 rings (SSSR count). The number of hydrogen-bond donors (Lipinski definition) is 2. The summed E-state index contributed by atoms with van der Waals surface area (Å²) < 4.78 is 10.7. The molecule has 3 N–H and O–H groups in total. The van der Waals surface area contributed by atoms with E-state index in [2.05, 4.69) is 40.5 Å². The molecule has 13 heteroatoms. The van der Waals surface area contributed by atoms with Crippen molar-refractivity contribution in [1.82, 2.24) is 9.97 Å². The van der Waals surface area contributed by atoms with E-state index in [4.69, 9.17) is 22.2 Å². The highest BCUT2D eigenvalue weighted by Gasteiger charge is 2.17. The topological polar surface area (TPSA) is 135 Å². The average Bonchev–Trinajstić information content (AvgIpc) is 2.65. The van der Waals surface area contributed by atoms with Crippen molar-refractivity contribution in [2.75, 3.05) is 18.5 Å². The Bertz CT molecular complexity index is 788. The Balaban J connectivity index is 1.77. The summed E-state index contributed by atoms with van der Waals surface area (Å²) in [7, 11) is 0. The third-order valence-corrected chi connectivity index (χ3v) is 4.57. The number of rotatable bonds is 11. The van der Waals surface area contributed by atoms with E-state index in [0.717, 1.165) is 17.3 Å². The standard InChI is InChI=1S/C14H15BrClN5O5S/c15-10-8-19-14(16)20-13(10)18-5-1-2-6-24-9-3-4-12(27-26-25-17)11(7-9)21(22)23/h3-4,7-8H,1-2,5-6,17H2,(H,18,19,20). The van der Waals surface area contributed by atoms with Crippen LogP contribution in [-0.2, 0) is 9.32 Å². The van der Waals surface area contributed by atoms with Gasteiger partial charge >= 0.3 is 0 Å². The molecule has 0 atom stereocenters. The molecule has 0 saturated heterocycles. The maximum Gasteiger partial charge on any atom is 0.289 e. The molecule has 146 valence electrons. The number of benzene rings is 1. The highest BCUT2D eigenvalue weighted by molar-refractivity contribution is 9.10. The summed E-state index contributed by atoms with van der Waals surface area (Å²) in [6.45, 7) is 1.06. The van der Waals surface area contributed by atoms with Crippen LogP contribution in [0.4, 0.5) is 11.5 Å². The number of nitrogens with one attached hydrogen (secondary N) is 1. The summed E-state index contributed by atoms with van der Waals surface area (Å²) >= 11 is 9.72. The van der Waals surface area contributed by atoms with Gasteiger partial charge in [0.15, 0.2) is 0 Å². The van der Waals surface area contributed by atoms with Crippen LogP contribution >= 0.6 is 39.6 Å². The fourth-order valence-corrected chi connectivity index (χ4v) is 2.87. The molecule has 2 aromatic rings. The fourth-order valence-electron chi connectivity index (χ4n) is 1.95. The van der Waals surface area contributed by atoms with E-state index < -0.39 is 4.92 Å². The second kappa shape index (κ2) is 11.2. The zero-order valence-corrected chi connectivity index (χ0v) is 16.9. The first kappa shape index (κ1) is 21.6. The number of hydrogen-bond acceptors (Lipinski definition) is 10. The van der Waals surface area contributed by atoms with Crippen molar-refractivity contribution < 1.29 is 19.0 Å². The van der Waals surface area contributed by atoms with Crippen molar-refractivity contribution >= 4 is 51.1 Å². The third kappa shape index (κ3) is 7.08. The third-order valence-electron chi connectivity index (χ3n) is 3.14. The van der Waals surface area contributed by atoms with E-state index in [9.17, 15) is 10.1 Å². The molecule has 0 bridgehead atoms. The first-order valence-corrected chi connectivity index (χ1v) is 9.45. The van der Waals surface area contributed by atoms with Crippen LogP contribution in [0.1, 0.15) is 12.8 Å². The highest BCUT2D eigenvalue weighted by atomic mass is 79.9. The van der Waals surface area contributed by atoms with Gasteiger partial charge in [-0.2, -0.15) is 10.9 Å². The molecule has 1 aromatic heterocycles. The minimum absolute atomic E-state index is 0.163. The number of anilines is 1. The van der Waals surface area contributed by atoms with E-state index >= 15 is 0 Å². The molecule has 1 heterocycles. The van der Waals surface area contributed by atoms with Crippen LogP contribution in [0.5, 0.6) is 5.75 Å². The van der Waals surface area contributed by atoms with Gasteiger partial charge < -0.3 is 10.1 Å². The molecule has 0 amide bonds. The zero-order valence-electron chi connectivity index (χ0n) is 13.8. The lowest BCUT2D eigenvalue weighted by Gasteiger charge is -2.09. The summed E-state index contributed by atoms with van der Waals surface area (Å²) in [5, 5.41) is 14.4. The van der Waals surface area contributed by atoms with E-state index in [1.807, 2.05) is 0 Å². The molecule has 1 aromatic carbocycles. The summed E-state index contributed by atoms with van der Waals surface area (Å²) in [6, 6.07) is 4.42. The smallest absolute Gasteiger partial charge is 0.289 e. The van der Waals surface area contributed by atoms with Gasteiger partial charge in [0.05, 0.1) is 34.1 Å². The Morgan fingerprint density at radius 3 is 2.96 bits per heavy atom. The summed E-state index contributed by atoms with van der Waals surface area (Å²) in [5.41, 5.74) is -0.165. The van der Waals surface area contributed by atoms with Gasteiger partial charge in [0, 0.05) is 12.7 Å². The predicted octanol–water partition coefficient (Wildman–Crippen LogP) is 3.90. The largest absolute Gasteiger partial charge is 0.493 e. The van der Waals surface area contributed by atoms with Gasteiger partial charge in [-0.3, -0.25) is 10.1 Å². The number of nitro groups is 1. The van der Waals surface area contributed by atoms with E-state index in [1.165, 1.54) is 12.1 Å². The predicted molar refractivity (Wildman–Crippen MR) is 103 cm³/mol. The molecule has 0 unspecified atom stereocenters. The summed E-state index contributed by atoms with van der Waals surface area (Å²) in [4.78, 5) is 22.7. The van der Waals surface area contributed by atoms with Gasteiger partial charge in [-0.25, -0.2) is 4.98 Å². The molecule has 0 fully saturated rings. The molecular weight excluding hydrogens is 466 g/mol. The first-order chi connectivity index (χ1) is 13.0. The van der Waals surface area contributed by atoms with Gasteiger partial charge in [0.25, 0.3) is 5.69 Å². The van der Waals surface area contributed by atoms with Crippen molar-refractivity contribution in [3.05, 3.63) is 44.3 Å². The number of aromatic nitrogens is 2. The number of ether oxygens (including phenoxy) is 1. The maximum absolute atomic E-state index is 11.1. The Morgan fingerprint density at radius 1 is 1.41 bits per heavy atom. The first-order valence-electron chi connectivity index (χ1n) is 7.54.